The van der Waals surface area contributed by atoms with E-state index in [4.69, 9.17) is 17.3 Å². The van der Waals surface area contributed by atoms with Gasteiger partial charge in [0.25, 0.3) is 0 Å². The van der Waals surface area contributed by atoms with Crippen LogP contribution in [0.1, 0.15) is 32.3 Å². The van der Waals surface area contributed by atoms with Crippen LogP contribution in [0.3, 0.4) is 0 Å². The van der Waals surface area contributed by atoms with Crippen molar-refractivity contribution in [3.05, 3.63) is 34.9 Å². The maximum absolute atomic E-state index is 6.16. The summed E-state index contributed by atoms with van der Waals surface area (Å²) in [6, 6.07) is 7.92. The number of nitrogens with two attached hydrogens (primary N) is 1. The van der Waals surface area contributed by atoms with E-state index in [0.717, 1.165) is 24.3 Å². The quantitative estimate of drug-likeness (QED) is 0.861. The van der Waals surface area contributed by atoms with Crippen LogP contribution in [0.25, 0.3) is 0 Å². The summed E-state index contributed by atoms with van der Waals surface area (Å²) in [7, 11) is 0. The number of hydrogen-bond donors (Lipinski definition) is 1. The lowest BCUT2D eigenvalue weighted by Gasteiger charge is -2.24. The van der Waals surface area contributed by atoms with Gasteiger partial charge in [-0.15, -0.1) is 12.4 Å². The summed E-state index contributed by atoms with van der Waals surface area (Å²) < 4.78 is 0. The smallest absolute Gasteiger partial charge is 0.0406 e. The molecule has 86 valence electrons. The molecule has 1 nitrogen and oxygen atoms in total. The fraction of sp³-hybridized carbons (Fsp3) is 0.500. The van der Waals surface area contributed by atoms with E-state index in [1.54, 1.807) is 0 Å². The van der Waals surface area contributed by atoms with E-state index in [0.29, 0.717) is 0 Å². The van der Waals surface area contributed by atoms with Crippen LogP contribution in [0.4, 0.5) is 0 Å². The van der Waals surface area contributed by atoms with Gasteiger partial charge in [-0.3, -0.25) is 0 Å². The first-order chi connectivity index (χ1) is 6.53. The largest absolute Gasteiger partial charge is 0.325 e. The molecule has 2 N–H and O–H groups in total. The Bertz CT molecular complexity index is 280. The van der Waals surface area contributed by atoms with Crippen molar-refractivity contribution in [3.8, 4) is 0 Å². The van der Waals surface area contributed by atoms with Crippen molar-refractivity contribution in [3.63, 3.8) is 0 Å². The molecular formula is C12H19Cl2N. The Morgan fingerprint density at radius 1 is 1.27 bits per heavy atom. The van der Waals surface area contributed by atoms with Crippen LogP contribution < -0.4 is 5.73 Å². The second kappa shape index (κ2) is 6.37. The number of rotatable bonds is 4. The molecule has 0 fully saturated rings. The van der Waals surface area contributed by atoms with Crippen molar-refractivity contribution >= 4 is 24.0 Å². The van der Waals surface area contributed by atoms with Gasteiger partial charge >= 0.3 is 0 Å². The van der Waals surface area contributed by atoms with Crippen LogP contribution in [-0.2, 0) is 6.42 Å². The first-order valence-electron chi connectivity index (χ1n) is 5.07. The predicted molar refractivity (Wildman–Crippen MR) is 69.9 cm³/mol. The average Bonchev–Trinajstić information content (AvgIpc) is 2.08. The fourth-order valence-corrected chi connectivity index (χ4v) is 1.85. The molecule has 0 saturated carbocycles. The Hall–Kier alpha value is -0.240. The normalized spacial score (nSPS) is 14.1. The molecule has 0 saturated heterocycles. The molecule has 0 aliphatic heterocycles. The van der Waals surface area contributed by atoms with Gasteiger partial charge in [-0.1, -0.05) is 37.1 Å². The van der Waals surface area contributed by atoms with E-state index >= 15 is 0 Å². The third-order valence-corrected chi connectivity index (χ3v) is 2.59. The summed E-state index contributed by atoms with van der Waals surface area (Å²) in [5.41, 5.74) is 7.33. The van der Waals surface area contributed by atoms with E-state index < -0.39 is 0 Å². The van der Waals surface area contributed by atoms with E-state index in [2.05, 4.69) is 13.8 Å². The van der Waals surface area contributed by atoms with Crippen LogP contribution in [-0.4, -0.2) is 5.54 Å². The topological polar surface area (TPSA) is 26.0 Å². The van der Waals surface area contributed by atoms with E-state index in [9.17, 15) is 0 Å². The first-order valence-corrected chi connectivity index (χ1v) is 5.44. The highest BCUT2D eigenvalue weighted by Gasteiger charge is 2.17. The highest BCUT2D eigenvalue weighted by Crippen LogP contribution is 2.17. The van der Waals surface area contributed by atoms with Gasteiger partial charge < -0.3 is 5.73 Å². The molecule has 0 radical (unpaired) electrons. The molecule has 15 heavy (non-hydrogen) atoms. The van der Waals surface area contributed by atoms with Crippen molar-refractivity contribution in [1.29, 1.82) is 0 Å². The second-order valence-corrected chi connectivity index (χ2v) is 4.64. The number of benzene rings is 1. The summed E-state index contributed by atoms with van der Waals surface area (Å²) in [4.78, 5) is 0. The van der Waals surface area contributed by atoms with E-state index in [1.165, 1.54) is 5.56 Å². The minimum absolute atomic E-state index is 0. The zero-order chi connectivity index (χ0) is 10.6. The molecule has 1 atom stereocenters. The minimum atomic E-state index is -0.0947. The highest BCUT2D eigenvalue weighted by atomic mass is 35.5. The summed E-state index contributed by atoms with van der Waals surface area (Å²) >= 11 is 5.81. The maximum atomic E-state index is 6.16. The molecule has 1 aromatic rings. The summed E-state index contributed by atoms with van der Waals surface area (Å²) in [5, 5.41) is 0.781. The molecule has 3 heteroatoms. The molecule has 0 aliphatic carbocycles. The SMILES string of the molecule is CCCC(C)(N)Cc1ccc(Cl)cc1.Cl. The summed E-state index contributed by atoms with van der Waals surface area (Å²) in [6.07, 6.45) is 3.09. The van der Waals surface area contributed by atoms with Crippen molar-refractivity contribution in [2.24, 2.45) is 5.73 Å². The van der Waals surface area contributed by atoms with Crippen molar-refractivity contribution in [2.75, 3.05) is 0 Å². The number of hydrogen-bond acceptors (Lipinski definition) is 1. The molecule has 1 unspecified atom stereocenters. The van der Waals surface area contributed by atoms with Crippen LogP contribution in [0.15, 0.2) is 24.3 Å². The van der Waals surface area contributed by atoms with Gasteiger partial charge in [0.2, 0.25) is 0 Å². The molecule has 0 aromatic heterocycles. The Balaban J connectivity index is 0.00000196. The molecule has 0 amide bonds. The minimum Gasteiger partial charge on any atom is -0.325 e. The van der Waals surface area contributed by atoms with Gasteiger partial charge in [0.15, 0.2) is 0 Å². The third-order valence-electron chi connectivity index (χ3n) is 2.34. The third kappa shape index (κ3) is 5.41. The van der Waals surface area contributed by atoms with Crippen molar-refractivity contribution in [2.45, 2.75) is 38.6 Å². The van der Waals surface area contributed by atoms with Crippen LogP contribution in [0.2, 0.25) is 5.02 Å². The van der Waals surface area contributed by atoms with Crippen LogP contribution in [0, 0.1) is 0 Å². The predicted octanol–water partition coefficient (Wildman–Crippen LogP) is 3.82. The zero-order valence-electron chi connectivity index (χ0n) is 9.29. The van der Waals surface area contributed by atoms with E-state index in [-0.39, 0.29) is 17.9 Å². The molecule has 1 rings (SSSR count). The molecule has 0 heterocycles. The second-order valence-electron chi connectivity index (χ2n) is 4.21. The van der Waals surface area contributed by atoms with Crippen molar-refractivity contribution in [1.82, 2.24) is 0 Å². The molecule has 1 aromatic carbocycles. The molecular weight excluding hydrogens is 229 g/mol. The van der Waals surface area contributed by atoms with Crippen molar-refractivity contribution < 1.29 is 0 Å². The van der Waals surface area contributed by atoms with Gasteiger partial charge in [0.1, 0.15) is 0 Å². The monoisotopic (exact) mass is 247 g/mol. The fourth-order valence-electron chi connectivity index (χ4n) is 1.73. The Kier molecular flexibility index (Phi) is 6.26. The Labute approximate surface area is 103 Å². The summed E-state index contributed by atoms with van der Waals surface area (Å²) in [6.45, 7) is 4.26. The lowest BCUT2D eigenvalue weighted by molar-refractivity contribution is 0.425. The molecule has 0 bridgehead atoms. The van der Waals surface area contributed by atoms with Gasteiger partial charge in [0.05, 0.1) is 0 Å². The molecule has 0 spiro atoms. The van der Waals surface area contributed by atoms with Crippen LogP contribution >= 0.6 is 24.0 Å². The highest BCUT2D eigenvalue weighted by molar-refractivity contribution is 6.30. The lowest BCUT2D eigenvalue weighted by atomic mass is 9.90. The lowest BCUT2D eigenvalue weighted by Crippen LogP contribution is -2.38. The zero-order valence-corrected chi connectivity index (χ0v) is 10.9. The Morgan fingerprint density at radius 2 is 1.80 bits per heavy atom. The Morgan fingerprint density at radius 3 is 2.27 bits per heavy atom. The van der Waals surface area contributed by atoms with E-state index in [1.807, 2.05) is 24.3 Å². The maximum Gasteiger partial charge on any atom is 0.0406 e. The van der Waals surface area contributed by atoms with Gasteiger partial charge in [-0.2, -0.15) is 0 Å². The average molecular weight is 248 g/mol. The van der Waals surface area contributed by atoms with Gasteiger partial charge in [-0.05, 0) is 37.5 Å². The number of halogens is 2. The summed E-state index contributed by atoms with van der Waals surface area (Å²) in [5.74, 6) is 0. The van der Waals surface area contributed by atoms with Gasteiger partial charge in [-0.25, -0.2) is 0 Å². The standard InChI is InChI=1S/C12H18ClN.ClH/c1-3-8-12(2,14)9-10-4-6-11(13)7-5-10;/h4-7H,3,8-9,14H2,1-2H3;1H. The van der Waals surface area contributed by atoms with Gasteiger partial charge in [0, 0.05) is 10.6 Å². The molecule has 0 aliphatic rings. The van der Waals surface area contributed by atoms with Crippen LogP contribution in [0.5, 0.6) is 0 Å². The first kappa shape index (κ1) is 14.8.